The summed E-state index contributed by atoms with van der Waals surface area (Å²) in [5.74, 6) is 0.428. The van der Waals surface area contributed by atoms with Gasteiger partial charge in [-0.2, -0.15) is 0 Å². The normalized spacial score (nSPS) is 15.2. The highest BCUT2D eigenvalue weighted by Crippen LogP contribution is 2.48. The van der Waals surface area contributed by atoms with Crippen LogP contribution in [0.15, 0.2) is 54.2 Å². The summed E-state index contributed by atoms with van der Waals surface area (Å²) < 4.78 is 11.3. The fourth-order valence-electron chi connectivity index (χ4n) is 3.81. The predicted molar refractivity (Wildman–Crippen MR) is 154 cm³/mol. The standard InChI is InChI=1S/C26H19Cl5N2O3S/c1-13(15-6-4-3-5-7-15)33-25(34)17(32-26(33)37)11-14-8-9-18(35-2)16(10-14)12-36-24-22(30)20(28)19(27)21(29)23(24)31/h3-11,13H,12H2,1-2H3,(H,32,37)/b17-11-. The monoisotopic (exact) mass is 614 g/mol. The average molecular weight is 617 g/mol. The summed E-state index contributed by atoms with van der Waals surface area (Å²) in [6, 6.07) is 14.8. The predicted octanol–water partition coefficient (Wildman–Crippen LogP) is 8.36. The molecule has 4 rings (SSSR count). The van der Waals surface area contributed by atoms with Gasteiger partial charge in [0.15, 0.2) is 10.9 Å². The van der Waals surface area contributed by atoms with Crippen LogP contribution < -0.4 is 14.8 Å². The Balaban J connectivity index is 1.59. The van der Waals surface area contributed by atoms with Gasteiger partial charge in [0.2, 0.25) is 0 Å². The zero-order valence-corrected chi connectivity index (χ0v) is 24.0. The minimum atomic E-state index is -0.230. The van der Waals surface area contributed by atoms with E-state index in [0.29, 0.717) is 22.1 Å². The smallest absolute Gasteiger partial charge is 0.277 e. The number of hydrogen-bond acceptors (Lipinski definition) is 4. The molecular formula is C26H19Cl5N2O3S. The summed E-state index contributed by atoms with van der Waals surface area (Å²) in [6.45, 7) is 1.95. The molecular weight excluding hydrogens is 598 g/mol. The molecule has 0 aromatic heterocycles. The van der Waals surface area contributed by atoms with E-state index in [1.807, 2.05) is 49.4 Å². The van der Waals surface area contributed by atoms with E-state index in [4.69, 9.17) is 79.7 Å². The molecule has 1 fully saturated rings. The molecule has 1 amide bonds. The number of methoxy groups -OCH3 is 1. The highest BCUT2D eigenvalue weighted by Gasteiger charge is 2.34. The van der Waals surface area contributed by atoms with Crippen LogP contribution in [0.2, 0.25) is 25.1 Å². The summed E-state index contributed by atoms with van der Waals surface area (Å²) in [5.41, 5.74) is 2.71. The van der Waals surface area contributed by atoms with Gasteiger partial charge in [0.05, 0.1) is 28.2 Å². The van der Waals surface area contributed by atoms with E-state index < -0.39 is 0 Å². The van der Waals surface area contributed by atoms with Gasteiger partial charge in [-0.05, 0) is 48.5 Å². The van der Waals surface area contributed by atoms with E-state index in [-0.39, 0.29) is 49.4 Å². The highest BCUT2D eigenvalue weighted by molar-refractivity contribution is 7.80. The van der Waals surface area contributed by atoms with Crippen molar-refractivity contribution in [2.75, 3.05) is 7.11 Å². The Morgan fingerprint density at radius 2 is 1.59 bits per heavy atom. The Hall–Kier alpha value is -2.19. The van der Waals surface area contributed by atoms with Gasteiger partial charge in [0.1, 0.15) is 28.1 Å². The van der Waals surface area contributed by atoms with Gasteiger partial charge in [0, 0.05) is 5.56 Å². The Kier molecular flexibility index (Phi) is 8.79. The topological polar surface area (TPSA) is 50.8 Å². The van der Waals surface area contributed by atoms with Crippen LogP contribution in [0.5, 0.6) is 11.5 Å². The molecule has 1 aliphatic rings. The van der Waals surface area contributed by atoms with Crippen molar-refractivity contribution >= 4 is 87.3 Å². The van der Waals surface area contributed by atoms with Crippen molar-refractivity contribution in [1.29, 1.82) is 0 Å². The number of ether oxygens (including phenoxy) is 2. The molecule has 0 radical (unpaired) electrons. The van der Waals surface area contributed by atoms with Crippen LogP contribution in [-0.2, 0) is 11.4 Å². The molecule has 192 valence electrons. The second-order valence-corrected chi connectivity index (χ2v) is 10.3. The van der Waals surface area contributed by atoms with E-state index >= 15 is 0 Å². The maximum atomic E-state index is 13.2. The van der Waals surface area contributed by atoms with Crippen molar-refractivity contribution in [2.45, 2.75) is 19.6 Å². The Labute approximate surface area is 244 Å². The molecule has 1 unspecified atom stereocenters. The molecule has 1 aliphatic heterocycles. The Morgan fingerprint density at radius 1 is 0.973 bits per heavy atom. The molecule has 5 nitrogen and oxygen atoms in total. The van der Waals surface area contributed by atoms with E-state index in [9.17, 15) is 4.79 Å². The van der Waals surface area contributed by atoms with Crippen LogP contribution in [0, 0.1) is 0 Å². The first-order valence-corrected chi connectivity index (χ1v) is 13.2. The van der Waals surface area contributed by atoms with Crippen molar-refractivity contribution in [3.8, 4) is 11.5 Å². The molecule has 0 spiro atoms. The van der Waals surface area contributed by atoms with Crippen LogP contribution in [0.3, 0.4) is 0 Å². The average Bonchev–Trinajstić information content (AvgIpc) is 3.18. The quantitative estimate of drug-likeness (QED) is 0.125. The van der Waals surface area contributed by atoms with E-state index in [0.717, 1.165) is 11.1 Å². The summed E-state index contributed by atoms with van der Waals surface area (Å²) in [4.78, 5) is 14.8. The number of benzene rings is 3. The number of nitrogens with zero attached hydrogens (tertiary/aromatic N) is 1. The zero-order valence-electron chi connectivity index (χ0n) is 19.5. The van der Waals surface area contributed by atoms with Crippen molar-refractivity contribution in [1.82, 2.24) is 10.2 Å². The number of halogens is 5. The van der Waals surface area contributed by atoms with Gasteiger partial charge < -0.3 is 14.8 Å². The molecule has 1 N–H and O–H groups in total. The van der Waals surface area contributed by atoms with Crippen LogP contribution in [0.1, 0.15) is 29.7 Å². The van der Waals surface area contributed by atoms with Crippen LogP contribution in [0.4, 0.5) is 0 Å². The summed E-state index contributed by atoms with van der Waals surface area (Å²) >= 11 is 36.4. The van der Waals surface area contributed by atoms with Crippen LogP contribution in [0.25, 0.3) is 6.08 Å². The molecule has 3 aromatic carbocycles. The maximum absolute atomic E-state index is 13.2. The Bertz CT molecular complexity index is 1390. The molecule has 0 bridgehead atoms. The lowest BCUT2D eigenvalue weighted by Gasteiger charge is -2.23. The molecule has 1 heterocycles. The van der Waals surface area contributed by atoms with Crippen molar-refractivity contribution in [3.63, 3.8) is 0 Å². The van der Waals surface area contributed by atoms with E-state index in [2.05, 4.69) is 5.32 Å². The minimum Gasteiger partial charge on any atom is -0.496 e. The number of nitrogens with one attached hydrogen (secondary N) is 1. The van der Waals surface area contributed by atoms with Gasteiger partial charge in [0.25, 0.3) is 5.91 Å². The lowest BCUT2D eigenvalue weighted by Crippen LogP contribution is -2.33. The largest absolute Gasteiger partial charge is 0.496 e. The van der Waals surface area contributed by atoms with Crippen LogP contribution >= 0.6 is 70.2 Å². The van der Waals surface area contributed by atoms with E-state index in [1.165, 1.54) is 7.11 Å². The first kappa shape index (κ1) is 27.8. The molecule has 0 aliphatic carbocycles. The van der Waals surface area contributed by atoms with E-state index in [1.54, 1.807) is 17.0 Å². The third-order valence-corrected chi connectivity index (χ3v) is 8.28. The number of rotatable bonds is 7. The number of thiocarbonyl (C=S) groups is 1. The fourth-order valence-corrected chi connectivity index (χ4v) is 5.39. The Morgan fingerprint density at radius 3 is 2.22 bits per heavy atom. The first-order chi connectivity index (χ1) is 17.6. The third kappa shape index (κ3) is 5.65. The summed E-state index contributed by atoms with van der Waals surface area (Å²) in [6.07, 6.45) is 1.71. The van der Waals surface area contributed by atoms with Gasteiger partial charge in [-0.3, -0.25) is 9.69 Å². The SMILES string of the molecule is COc1ccc(/C=C2\NC(=S)N(C(C)c3ccccc3)C2=O)cc1COc1c(Cl)c(Cl)c(Cl)c(Cl)c1Cl. The summed E-state index contributed by atoms with van der Waals surface area (Å²) in [7, 11) is 1.54. The minimum absolute atomic E-state index is 0.0187. The van der Waals surface area contributed by atoms with Gasteiger partial charge >= 0.3 is 0 Å². The maximum Gasteiger partial charge on any atom is 0.277 e. The highest BCUT2D eigenvalue weighted by atomic mass is 35.5. The first-order valence-electron chi connectivity index (χ1n) is 10.9. The summed E-state index contributed by atoms with van der Waals surface area (Å²) in [5, 5.41) is 3.56. The molecule has 11 heteroatoms. The van der Waals surface area contributed by atoms with Crippen LogP contribution in [-0.4, -0.2) is 23.0 Å². The molecule has 0 saturated carbocycles. The molecule has 1 atom stereocenters. The van der Waals surface area contributed by atoms with Gasteiger partial charge in [-0.15, -0.1) is 0 Å². The second kappa shape index (κ2) is 11.7. The molecule has 1 saturated heterocycles. The third-order valence-electron chi connectivity index (χ3n) is 5.74. The number of amides is 1. The molecule has 3 aromatic rings. The van der Waals surface area contributed by atoms with Gasteiger partial charge in [-0.1, -0.05) is 94.4 Å². The fraction of sp³-hybridized carbons (Fsp3) is 0.154. The van der Waals surface area contributed by atoms with Gasteiger partial charge in [-0.25, -0.2) is 0 Å². The van der Waals surface area contributed by atoms with Crippen molar-refractivity contribution < 1.29 is 14.3 Å². The lowest BCUT2D eigenvalue weighted by molar-refractivity contribution is -0.123. The zero-order chi connectivity index (χ0) is 26.9. The number of hydrogen-bond donors (Lipinski definition) is 1. The number of carbonyl (C=O) groups excluding carboxylic acids is 1. The van der Waals surface area contributed by atoms with Crippen molar-refractivity contribution in [3.05, 3.63) is 96.0 Å². The second-order valence-electron chi connectivity index (χ2n) is 8.01. The van der Waals surface area contributed by atoms with Crippen molar-refractivity contribution in [2.24, 2.45) is 0 Å². The lowest BCUT2D eigenvalue weighted by atomic mass is 10.1. The molecule has 37 heavy (non-hydrogen) atoms. The number of carbonyl (C=O) groups is 1.